The number of rotatable bonds is 4. The fraction of sp³-hybridized carbons (Fsp3) is 0.364. The van der Waals surface area contributed by atoms with Gasteiger partial charge in [0.15, 0.2) is 0 Å². The van der Waals surface area contributed by atoms with E-state index in [1.807, 2.05) is 0 Å². The van der Waals surface area contributed by atoms with Crippen LogP contribution in [0.4, 0.5) is 5.69 Å². The van der Waals surface area contributed by atoms with Crippen LogP contribution in [-0.4, -0.2) is 17.1 Å². The molecule has 5 heteroatoms. The molecule has 0 bridgehead atoms. The third kappa shape index (κ3) is 4.51. The van der Waals surface area contributed by atoms with Crippen LogP contribution in [-0.2, 0) is 4.79 Å². The first kappa shape index (κ1) is 13.5. The molecular formula is C11H13BrClNO2. The molecule has 1 atom stereocenters. The molecule has 0 aliphatic heterocycles. The zero-order chi connectivity index (χ0) is 12.1. The minimum Gasteiger partial charge on any atom is -0.393 e. The van der Waals surface area contributed by atoms with Gasteiger partial charge in [0.1, 0.15) is 0 Å². The number of carbonyl (C=O) groups excluding carboxylic acids is 1. The number of hydrogen-bond donors (Lipinski definition) is 2. The van der Waals surface area contributed by atoms with Crippen LogP contribution in [0.25, 0.3) is 0 Å². The summed E-state index contributed by atoms with van der Waals surface area (Å²) in [5, 5.41) is 12.2. The molecule has 0 saturated heterocycles. The molecule has 2 N–H and O–H groups in total. The second kappa shape index (κ2) is 6.23. The van der Waals surface area contributed by atoms with Gasteiger partial charge < -0.3 is 10.4 Å². The number of halogens is 2. The number of benzene rings is 1. The fourth-order valence-corrected chi connectivity index (χ4v) is 1.86. The number of amides is 1. The van der Waals surface area contributed by atoms with Crippen LogP contribution in [0, 0.1) is 0 Å². The lowest BCUT2D eigenvalue weighted by Gasteiger charge is -2.08. The summed E-state index contributed by atoms with van der Waals surface area (Å²) >= 11 is 9.22. The van der Waals surface area contributed by atoms with Crippen molar-refractivity contribution in [3.05, 3.63) is 27.7 Å². The first-order chi connectivity index (χ1) is 7.49. The molecule has 1 rings (SSSR count). The van der Waals surface area contributed by atoms with Crippen molar-refractivity contribution in [3.8, 4) is 0 Å². The van der Waals surface area contributed by atoms with Gasteiger partial charge in [-0.25, -0.2) is 0 Å². The van der Waals surface area contributed by atoms with E-state index in [2.05, 4.69) is 21.2 Å². The van der Waals surface area contributed by atoms with E-state index in [9.17, 15) is 4.79 Å². The van der Waals surface area contributed by atoms with Crippen molar-refractivity contribution in [1.82, 2.24) is 0 Å². The smallest absolute Gasteiger partial charge is 0.224 e. The van der Waals surface area contributed by atoms with Gasteiger partial charge in [-0.3, -0.25) is 4.79 Å². The molecule has 1 aromatic rings. The van der Waals surface area contributed by atoms with Crippen molar-refractivity contribution < 1.29 is 9.90 Å². The Morgan fingerprint density at radius 3 is 2.88 bits per heavy atom. The molecular weight excluding hydrogens is 293 g/mol. The lowest BCUT2D eigenvalue weighted by atomic mass is 10.2. The average molecular weight is 307 g/mol. The van der Waals surface area contributed by atoms with Crippen LogP contribution in [0.3, 0.4) is 0 Å². The molecule has 3 nitrogen and oxygen atoms in total. The Bertz CT molecular complexity index is 382. The minimum atomic E-state index is -0.467. The summed E-state index contributed by atoms with van der Waals surface area (Å²) in [6.07, 6.45) is 0.260. The largest absolute Gasteiger partial charge is 0.393 e. The minimum absolute atomic E-state index is 0.148. The Balaban J connectivity index is 2.56. The number of anilines is 1. The fourth-order valence-electron chi connectivity index (χ4n) is 1.14. The van der Waals surface area contributed by atoms with E-state index in [0.29, 0.717) is 17.1 Å². The highest BCUT2D eigenvalue weighted by atomic mass is 79.9. The van der Waals surface area contributed by atoms with Crippen molar-refractivity contribution >= 4 is 39.1 Å². The molecule has 0 radical (unpaired) electrons. The number of carbonyl (C=O) groups is 1. The Morgan fingerprint density at radius 1 is 1.62 bits per heavy atom. The molecule has 0 saturated carbocycles. The van der Waals surface area contributed by atoms with E-state index >= 15 is 0 Å². The highest BCUT2D eigenvalue weighted by Crippen LogP contribution is 2.25. The monoisotopic (exact) mass is 305 g/mol. The van der Waals surface area contributed by atoms with Crippen LogP contribution in [0.1, 0.15) is 19.8 Å². The van der Waals surface area contributed by atoms with Gasteiger partial charge in [-0.1, -0.05) is 27.5 Å². The molecule has 0 aromatic heterocycles. The number of aliphatic hydroxyl groups excluding tert-OH is 1. The van der Waals surface area contributed by atoms with Gasteiger partial charge in [-0.05, 0) is 31.5 Å². The summed E-state index contributed by atoms with van der Waals surface area (Å²) < 4.78 is 0.861. The van der Waals surface area contributed by atoms with Crippen molar-refractivity contribution in [2.75, 3.05) is 5.32 Å². The van der Waals surface area contributed by atoms with E-state index in [4.69, 9.17) is 16.7 Å². The summed E-state index contributed by atoms with van der Waals surface area (Å²) in [5.74, 6) is -0.148. The highest BCUT2D eigenvalue weighted by molar-refractivity contribution is 9.10. The van der Waals surface area contributed by atoms with E-state index < -0.39 is 6.10 Å². The zero-order valence-electron chi connectivity index (χ0n) is 8.84. The molecule has 88 valence electrons. The number of nitrogens with one attached hydrogen (secondary N) is 1. The highest BCUT2D eigenvalue weighted by Gasteiger charge is 2.07. The Kier molecular flexibility index (Phi) is 5.25. The predicted octanol–water partition coefficient (Wildman–Crippen LogP) is 3.20. The molecule has 1 unspecified atom stereocenters. The standard InChI is InChI=1S/C11H13BrClNO2/c1-7(15)2-5-11(16)14-10-4-3-8(12)6-9(10)13/h3-4,6-7,15H,2,5H2,1H3,(H,14,16). The Hall–Kier alpha value is -0.580. The summed E-state index contributed by atoms with van der Waals surface area (Å²) in [6, 6.07) is 5.24. The summed E-state index contributed by atoms with van der Waals surface area (Å²) in [5.41, 5.74) is 0.584. The maximum Gasteiger partial charge on any atom is 0.224 e. The molecule has 0 aliphatic carbocycles. The van der Waals surface area contributed by atoms with Crippen LogP contribution in [0.2, 0.25) is 5.02 Å². The van der Waals surface area contributed by atoms with Gasteiger partial charge in [0.2, 0.25) is 5.91 Å². The summed E-state index contributed by atoms with van der Waals surface area (Å²) in [4.78, 5) is 11.5. The van der Waals surface area contributed by atoms with Gasteiger partial charge in [-0.2, -0.15) is 0 Å². The van der Waals surface area contributed by atoms with Crippen LogP contribution in [0.15, 0.2) is 22.7 Å². The molecule has 0 heterocycles. The lowest BCUT2D eigenvalue weighted by Crippen LogP contribution is -2.14. The van der Waals surface area contributed by atoms with Gasteiger partial charge in [0, 0.05) is 10.9 Å². The summed E-state index contributed by atoms with van der Waals surface area (Å²) in [7, 11) is 0. The first-order valence-electron chi connectivity index (χ1n) is 4.92. The van der Waals surface area contributed by atoms with Gasteiger partial charge in [-0.15, -0.1) is 0 Å². The van der Waals surface area contributed by atoms with Gasteiger partial charge in [0.25, 0.3) is 0 Å². The average Bonchev–Trinajstić information content (AvgIpc) is 2.19. The molecule has 0 aliphatic rings. The number of hydrogen-bond acceptors (Lipinski definition) is 2. The Labute approximate surface area is 108 Å². The lowest BCUT2D eigenvalue weighted by molar-refractivity contribution is -0.116. The topological polar surface area (TPSA) is 49.3 Å². The van der Waals surface area contributed by atoms with E-state index in [-0.39, 0.29) is 12.3 Å². The summed E-state index contributed by atoms with van der Waals surface area (Å²) in [6.45, 7) is 1.65. The second-order valence-corrected chi connectivity index (χ2v) is 4.88. The third-order valence-corrected chi connectivity index (χ3v) is 2.80. The van der Waals surface area contributed by atoms with E-state index in [1.54, 1.807) is 25.1 Å². The maximum absolute atomic E-state index is 11.5. The molecule has 0 fully saturated rings. The van der Waals surface area contributed by atoms with Crippen molar-refractivity contribution in [1.29, 1.82) is 0 Å². The van der Waals surface area contributed by atoms with Crippen molar-refractivity contribution in [2.45, 2.75) is 25.9 Å². The third-order valence-electron chi connectivity index (χ3n) is 1.99. The normalized spacial score (nSPS) is 12.2. The second-order valence-electron chi connectivity index (χ2n) is 3.56. The van der Waals surface area contributed by atoms with Crippen molar-refractivity contribution in [2.24, 2.45) is 0 Å². The van der Waals surface area contributed by atoms with Gasteiger partial charge >= 0.3 is 0 Å². The predicted molar refractivity (Wildman–Crippen MR) is 68.7 cm³/mol. The van der Waals surface area contributed by atoms with E-state index in [0.717, 1.165) is 4.47 Å². The van der Waals surface area contributed by atoms with Crippen LogP contribution >= 0.6 is 27.5 Å². The molecule has 1 amide bonds. The van der Waals surface area contributed by atoms with Gasteiger partial charge in [0.05, 0.1) is 16.8 Å². The van der Waals surface area contributed by atoms with Crippen LogP contribution < -0.4 is 5.32 Å². The zero-order valence-corrected chi connectivity index (χ0v) is 11.2. The van der Waals surface area contributed by atoms with E-state index in [1.165, 1.54) is 0 Å². The number of aliphatic hydroxyl groups is 1. The van der Waals surface area contributed by atoms with Crippen LogP contribution in [0.5, 0.6) is 0 Å². The maximum atomic E-state index is 11.5. The van der Waals surface area contributed by atoms with Crippen molar-refractivity contribution in [3.63, 3.8) is 0 Å². The molecule has 0 spiro atoms. The first-order valence-corrected chi connectivity index (χ1v) is 6.09. The SMILES string of the molecule is CC(O)CCC(=O)Nc1ccc(Br)cc1Cl. The molecule has 16 heavy (non-hydrogen) atoms. The quantitative estimate of drug-likeness (QED) is 0.897. The Morgan fingerprint density at radius 2 is 2.31 bits per heavy atom. The molecule has 1 aromatic carbocycles.